The molecule has 0 aliphatic heterocycles. The standard InChI is InChI=1S/C35H67NO7/c1-6-8-10-12-13-14-15-16-17-18-19-20-21-22-24-26-34(38)43-31(30-42-33(37)25-23-11-9-7-2)29-41-28-27-32(35(39)40)36(3,4)5/h31-32H,6-30H2,1-5H3/p+1. The molecular formula is C35H68NO7+. The van der Waals surface area contributed by atoms with Gasteiger partial charge in [0, 0.05) is 19.3 Å². The van der Waals surface area contributed by atoms with Crippen LogP contribution in [0.25, 0.3) is 0 Å². The first-order valence-electron chi connectivity index (χ1n) is 17.6. The number of likely N-dealkylation sites (N-methyl/N-ethyl adjacent to an activating group) is 1. The number of nitrogens with zero attached hydrogens (tertiary/aromatic N) is 1. The van der Waals surface area contributed by atoms with Gasteiger partial charge in [-0.05, 0) is 12.8 Å². The molecule has 0 aliphatic rings. The first kappa shape index (κ1) is 41.3. The van der Waals surface area contributed by atoms with Gasteiger partial charge in [0.1, 0.15) is 6.61 Å². The number of carboxylic acids is 1. The molecule has 0 heterocycles. The number of unbranched alkanes of at least 4 members (excludes halogenated alkanes) is 17. The van der Waals surface area contributed by atoms with Gasteiger partial charge in [-0.25, -0.2) is 4.79 Å². The Morgan fingerprint density at radius 1 is 0.605 bits per heavy atom. The zero-order valence-electron chi connectivity index (χ0n) is 28.7. The fourth-order valence-corrected chi connectivity index (χ4v) is 5.21. The smallest absolute Gasteiger partial charge is 0.362 e. The van der Waals surface area contributed by atoms with Crippen molar-refractivity contribution in [1.82, 2.24) is 0 Å². The van der Waals surface area contributed by atoms with Crippen LogP contribution >= 0.6 is 0 Å². The van der Waals surface area contributed by atoms with Gasteiger partial charge in [-0.1, -0.05) is 123 Å². The average Bonchev–Trinajstić information content (AvgIpc) is 2.94. The molecule has 0 amide bonds. The lowest BCUT2D eigenvalue weighted by molar-refractivity contribution is -0.887. The molecule has 0 spiro atoms. The summed E-state index contributed by atoms with van der Waals surface area (Å²) in [5.41, 5.74) is 0. The normalized spacial score (nSPS) is 13.0. The largest absolute Gasteiger partial charge is 0.477 e. The molecule has 0 aliphatic carbocycles. The Morgan fingerprint density at radius 2 is 1.02 bits per heavy atom. The van der Waals surface area contributed by atoms with Crippen LogP contribution in [0.5, 0.6) is 0 Å². The SMILES string of the molecule is CCCCCCCCCCCCCCCCCC(=O)OC(COCCC(C(=O)O)[N+](C)(C)C)COC(=O)CCCCCC. The minimum atomic E-state index is -0.875. The molecule has 0 bridgehead atoms. The Morgan fingerprint density at radius 3 is 1.47 bits per heavy atom. The lowest BCUT2D eigenvalue weighted by Gasteiger charge is -2.31. The summed E-state index contributed by atoms with van der Waals surface area (Å²) in [5, 5.41) is 9.52. The van der Waals surface area contributed by atoms with E-state index in [-0.39, 0.29) is 36.2 Å². The Balaban J connectivity index is 4.26. The van der Waals surface area contributed by atoms with Gasteiger partial charge >= 0.3 is 17.9 Å². The van der Waals surface area contributed by atoms with Gasteiger partial charge in [0.2, 0.25) is 0 Å². The molecule has 0 fully saturated rings. The lowest BCUT2D eigenvalue weighted by Crippen LogP contribution is -2.50. The van der Waals surface area contributed by atoms with Crippen LogP contribution in [0.3, 0.4) is 0 Å². The summed E-state index contributed by atoms with van der Waals surface area (Å²) < 4.78 is 17.0. The molecule has 0 saturated heterocycles. The number of carboxylic acid groups (broad SMARTS) is 1. The summed E-state index contributed by atoms with van der Waals surface area (Å²) in [7, 11) is 5.50. The molecule has 2 unspecified atom stereocenters. The quantitative estimate of drug-likeness (QED) is 0.0477. The van der Waals surface area contributed by atoms with E-state index in [1.807, 2.05) is 21.1 Å². The van der Waals surface area contributed by atoms with Crippen LogP contribution in [0, 0.1) is 0 Å². The molecule has 0 radical (unpaired) electrons. The van der Waals surface area contributed by atoms with Crippen molar-refractivity contribution in [2.45, 2.75) is 167 Å². The van der Waals surface area contributed by atoms with Crippen molar-refractivity contribution >= 4 is 17.9 Å². The highest BCUT2D eigenvalue weighted by atomic mass is 16.6. The average molecular weight is 615 g/mol. The molecule has 254 valence electrons. The van der Waals surface area contributed by atoms with E-state index in [9.17, 15) is 19.5 Å². The molecule has 0 aromatic rings. The zero-order valence-corrected chi connectivity index (χ0v) is 28.7. The van der Waals surface area contributed by atoms with Gasteiger partial charge in [0.25, 0.3) is 0 Å². The van der Waals surface area contributed by atoms with Crippen LogP contribution in [0.2, 0.25) is 0 Å². The predicted molar refractivity (Wildman–Crippen MR) is 174 cm³/mol. The van der Waals surface area contributed by atoms with Gasteiger partial charge < -0.3 is 23.8 Å². The van der Waals surface area contributed by atoms with E-state index in [0.717, 1.165) is 44.9 Å². The Hall–Kier alpha value is -1.67. The number of carbonyl (C=O) groups excluding carboxylic acids is 2. The van der Waals surface area contributed by atoms with Gasteiger partial charge in [-0.3, -0.25) is 9.59 Å². The molecule has 2 atom stereocenters. The summed E-state index contributed by atoms with van der Waals surface area (Å²) in [6.45, 7) is 4.62. The summed E-state index contributed by atoms with van der Waals surface area (Å²) >= 11 is 0. The Bertz CT molecular complexity index is 692. The van der Waals surface area contributed by atoms with Crippen LogP contribution in [0.1, 0.15) is 155 Å². The number of aliphatic carboxylic acids is 1. The second-order valence-corrected chi connectivity index (χ2v) is 13.1. The van der Waals surface area contributed by atoms with E-state index in [0.29, 0.717) is 19.3 Å². The molecule has 8 nitrogen and oxygen atoms in total. The minimum absolute atomic E-state index is 0.0467. The molecule has 0 aromatic heterocycles. The third-order valence-corrected chi connectivity index (χ3v) is 8.01. The van der Waals surface area contributed by atoms with Crippen molar-refractivity contribution in [3.8, 4) is 0 Å². The maximum absolute atomic E-state index is 12.5. The summed E-state index contributed by atoms with van der Waals surface area (Å²) in [4.78, 5) is 36.3. The van der Waals surface area contributed by atoms with Gasteiger partial charge in [-0.15, -0.1) is 0 Å². The molecule has 0 saturated carbocycles. The fraction of sp³-hybridized carbons (Fsp3) is 0.914. The second-order valence-electron chi connectivity index (χ2n) is 13.1. The van der Waals surface area contributed by atoms with E-state index in [2.05, 4.69) is 13.8 Å². The number of esters is 2. The monoisotopic (exact) mass is 614 g/mol. The van der Waals surface area contributed by atoms with Crippen molar-refractivity contribution in [3.63, 3.8) is 0 Å². The molecule has 1 N–H and O–H groups in total. The minimum Gasteiger partial charge on any atom is -0.477 e. The number of carbonyl (C=O) groups is 3. The van der Waals surface area contributed by atoms with Crippen molar-refractivity contribution in [3.05, 3.63) is 0 Å². The highest BCUT2D eigenvalue weighted by Crippen LogP contribution is 2.15. The third kappa shape index (κ3) is 26.5. The van der Waals surface area contributed by atoms with E-state index >= 15 is 0 Å². The maximum atomic E-state index is 12.5. The van der Waals surface area contributed by atoms with Gasteiger partial charge in [0.15, 0.2) is 12.1 Å². The van der Waals surface area contributed by atoms with E-state index < -0.39 is 18.1 Å². The van der Waals surface area contributed by atoms with E-state index in [4.69, 9.17) is 14.2 Å². The number of ether oxygens (including phenoxy) is 3. The molecular weight excluding hydrogens is 546 g/mol. The van der Waals surface area contributed by atoms with E-state index in [1.54, 1.807) is 0 Å². The highest BCUT2D eigenvalue weighted by Gasteiger charge is 2.31. The first-order chi connectivity index (χ1) is 20.6. The van der Waals surface area contributed by atoms with Crippen LogP contribution in [0.15, 0.2) is 0 Å². The van der Waals surface area contributed by atoms with Crippen molar-refractivity contribution in [2.75, 3.05) is 41.0 Å². The fourth-order valence-electron chi connectivity index (χ4n) is 5.21. The van der Waals surface area contributed by atoms with E-state index in [1.165, 1.54) is 77.0 Å². The third-order valence-electron chi connectivity index (χ3n) is 8.01. The van der Waals surface area contributed by atoms with Crippen molar-refractivity contribution in [2.24, 2.45) is 0 Å². The topological polar surface area (TPSA) is 99.1 Å². The maximum Gasteiger partial charge on any atom is 0.362 e. The van der Waals surface area contributed by atoms with Gasteiger partial charge in [0.05, 0.1) is 34.4 Å². The zero-order chi connectivity index (χ0) is 32.2. The number of hydrogen-bond donors (Lipinski definition) is 1. The number of hydrogen-bond acceptors (Lipinski definition) is 6. The van der Waals surface area contributed by atoms with Crippen LogP contribution in [-0.4, -0.2) is 80.6 Å². The van der Waals surface area contributed by atoms with Crippen molar-refractivity contribution in [1.29, 1.82) is 0 Å². The first-order valence-corrected chi connectivity index (χ1v) is 17.6. The lowest BCUT2D eigenvalue weighted by atomic mass is 10.0. The predicted octanol–water partition coefficient (Wildman–Crippen LogP) is 8.24. The van der Waals surface area contributed by atoms with Crippen LogP contribution in [-0.2, 0) is 28.6 Å². The molecule has 0 aromatic carbocycles. The molecule has 43 heavy (non-hydrogen) atoms. The molecule has 8 heteroatoms. The van der Waals surface area contributed by atoms with Gasteiger partial charge in [-0.2, -0.15) is 0 Å². The number of rotatable bonds is 31. The summed E-state index contributed by atoms with van der Waals surface area (Å²) in [6, 6.07) is -0.605. The molecule has 0 rings (SSSR count). The van der Waals surface area contributed by atoms with Crippen molar-refractivity contribution < 1.29 is 38.2 Å². The van der Waals surface area contributed by atoms with Crippen LogP contribution in [0.4, 0.5) is 0 Å². The Kier molecular flexibility index (Phi) is 26.8. The summed E-state index contributed by atoms with van der Waals surface area (Å²) in [5.74, 6) is -1.48. The van der Waals surface area contributed by atoms with Crippen LogP contribution < -0.4 is 0 Å². The Labute approximate surface area is 264 Å². The second kappa shape index (κ2) is 27.8. The highest BCUT2D eigenvalue weighted by molar-refractivity contribution is 5.72. The summed E-state index contributed by atoms with van der Waals surface area (Å²) in [6.07, 6.45) is 23.3. The number of quaternary nitrogens is 1.